The van der Waals surface area contributed by atoms with Crippen molar-refractivity contribution in [3.8, 4) is 0 Å². The van der Waals surface area contributed by atoms with E-state index >= 15 is 0 Å². The van der Waals surface area contributed by atoms with Gasteiger partial charge in [0.15, 0.2) is 0 Å². The number of aromatic amines is 3. The minimum atomic E-state index is -0.0800. The standard InChI is InChI=1S/C12H16N2O.C12H16N2/c15-12-13-7-10(14-12)6-9-5-4-8-2-1-3-11(8)9;1-2-9-4-5-10(12(9)3-1)6-11-7-13-8-14-11/h7,9H,1-6H2,(H2,13,14,15);7-8,10H,1-6H2,(H,13,14). The molecule has 5 nitrogen and oxygen atoms in total. The molecule has 29 heavy (non-hydrogen) atoms. The molecule has 2 aromatic rings. The minimum absolute atomic E-state index is 0.0800. The van der Waals surface area contributed by atoms with Crippen molar-refractivity contribution in [2.24, 2.45) is 11.8 Å². The molecule has 0 bridgehead atoms. The number of imidazole rings is 2. The van der Waals surface area contributed by atoms with Crippen LogP contribution in [0.4, 0.5) is 0 Å². The third-order valence-corrected chi connectivity index (χ3v) is 7.47. The summed E-state index contributed by atoms with van der Waals surface area (Å²) in [5.41, 5.74) is 9.29. The van der Waals surface area contributed by atoms with E-state index in [2.05, 4.69) is 19.9 Å². The predicted octanol–water partition coefficient (Wildman–Crippen LogP) is 4.98. The lowest BCUT2D eigenvalue weighted by atomic mass is 9.94. The van der Waals surface area contributed by atoms with Gasteiger partial charge >= 0.3 is 5.69 Å². The van der Waals surface area contributed by atoms with E-state index in [0.717, 1.165) is 18.0 Å². The van der Waals surface area contributed by atoms with Gasteiger partial charge in [0.2, 0.25) is 0 Å². The molecule has 0 amide bonds. The van der Waals surface area contributed by atoms with Gasteiger partial charge in [-0.3, -0.25) is 0 Å². The zero-order valence-corrected chi connectivity index (χ0v) is 17.2. The third-order valence-electron chi connectivity index (χ3n) is 7.47. The first-order chi connectivity index (χ1) is 14.3. The van der Waals surface area contributed by atoms with E-state index < -0.39 is 0 Å². The fourth-order valence-electron chi connectivity index (χ4n) is 6.12. The second kappa shape index (κ2) is 8.21. The second-order valence-corrected chi connectivity index (χ2v) is 9.19. The van der Waals surface area contributed by atoms with Crippen LogP contribution >= 0.6 is 0 Å². The Morgan fingerprint density at radius 3 is 2.03 bits per heavy atom. The number of allylic oxidation sites excluding steroid dienone is 4. The van der Waals surface area contributed by atoms with Crippen molar-refractivity contribution in [1.82, 2.24) is 19.9 Å². The van der Waals surface area contributed by atoms with Crippen molar-refractivity contribution in [3.63, 3.8) is 0 Å². The minimum Gasteiger partial charge on any atom is -0.348 e. The molecule has 0 fully saturated rings. The Kier molecular flexibility index (Phi) is 5.30. The summed E-state index contributed by atoms with van der Waals surface area (Å²) in [6.45, 7) is 0. The van der Waals surface area contributed by atoms with E-state index in [0.29, 0.717) is 5.92 Å². The molecular formula is C24H32N4O. The topological polar surface area (TPSA) is 77.3 Å². The highest BCUT2D eigenvalue weighted by Crippen LogP contribution is 2.44. The summed E-state index contributed by atoms with van der Waals surface area (Å²) in [7, 11) is 0. The molecule has 3 N–H and O–H groups in total. The molecule has 0 aromatic carbocycles. The summed E-state index contributed by atoms with van der Waals surface area (Å²) in [6.07, 6.45) is 21.2. The highest BCUT2D eigenvalue weighted by Gasteiger charge is 2.29. The normalized spacial score (nSPS) is 25.4. The van der Waals surface area contributed by atoms with Crippen molar-refractivity contribution >= 4 is 0 Å². The summed E-state index contributed by atoms with van der Waals surface area (Å²) >= 11 is 0. The van der Waals surface area contributed by atoms with E-state index in [1.807, 2.05) is 12.4 Å². The molecule has 0 aliphatic heterocycles. The third kappa shape index (κ3) is 4.05. The molecule has 2 heterocycles. The van der Waals surface area contributed by atoms with Crippen LogP contribution in [0.15, 0.2) is 45.8 Å². The summed E-state index contributed by atoms with van der Waals surface area (Å²) < 4.78 is 0. The molecule has 2 unspecified atom stereocenters. The zero-order chi connectivity index (χ0) is 19.6. The number of hydrogen-bond donors (Lipinski definition) is 3. The first kappa shape index (κ1) is 18.7. The molecule has 2 aromatic heterocycles. The average molecular weight is 393 g/mol. The van der Waals surface area contributed by atoms with Crippen LogP contribution in [0, 0.1) is 11.8 Å². The number of nitrogens with one attached hydrogen (secondary N) is 3. The Hall–Kier alpha value is -2.30. The van der Waals surface area contributed by atoms with Gasteiger partial charge in [-0.05, 0) is 88.9 Å². The predicted molar refractivity (Wildman–Crippen MR) is 115 cm³/mol. The molecule has 6 rings (SSSR count). The Labute approximate surface area is 172 Å². The average Bonchev–Trinajstić information content (AvgIpc) is 3.50. The monoisotopic (exact) mass is 392 g/mol. The van der Waals surface area contributed by atoms with Gasteiger partial charge in [-0.15, -0.1) is 0 Å². The SMILES string of the molecule is O=c1[nH]cc(CC2CCC3=C2CCC3)[nH]1.c1ncc(CC2CCC3=C2CCC3)[nH]1. The largest absolute Gasteiger partial charge is 0.348 e. The van der Waals surface area contributed by atoms with Crippen LogP contribution in [0.5, 0.6) is 0 Å². The van der Waals surface area contributed by atoms with Gasteiger partial charge in [0.25, 0.3) is 0 Å². The van der Waals surface area contributed by atoms with Gasteiger partial charge in [-0.25, -0.2) is 9.78 Å². The lowest BCUT2D eigenvalue weighted by Gasteiger charge is -2.11. The quantitative estimate of drug-likeness (QED) is 0.642. The summed E-state index contributed by atoms with van der Waals surface area (Å²) in [4.78, 5) is 23.8. The maximum absolute atomic E-state index is 11.0. The van der Waals surface area contributed by atoms with Crippen LogP contribution in [-0.2, 0) is 12.8 Å². The highest BCUT2D eigenvalue weighted by atomic mass is 16.1. The molecule has 0 spiro atoms. The molecule has 0 radical (unpaired) electrons. The number of rotatable bonds is 4. The number of hydrogen-bond acceptors (Lipinski definition) is 2. The Bertz CT molecular complexity index is 959. The molecule has 5 heteroatoms. The van der Waals surface area contributed by atoms with Crippen LogP contribution in [0.3, 0.4) is 0 Å². The van der Waals surface area contributed by atoms with Crippen LogP contribution in [0.1, 0.15) is 75.6 Å². The lowest BCUT2D eigenvalue weighted by Crippen LogP contribution is -2.06. The van der Waals surface area contributed by atoms with E-state index in [4.69, 9.17) is 0 Å². The first-order valence-electron chi connectivity index (χ1n) is 11.4. The molecular weight excluding hydrogens is 360 g/mol. The van der Waals surface area contributed by atoms with Crippen LogP contribution in [0.25, 0.3) is 0 Å². The lowest BCUT2D eigenvalue weighted by molar-refractivity contribution is 0.565. The van der Waals surface area contributed by atoms with Gasteiger partial charge < -0.3 is 15.0 Å². The van der Waals surface area contributed by atoms with Gasteiger partial charge in [0.05, 0.1) is 6.33 Å². The number of H-pyrrole nitrogens is 3. The van der Waals surface area contributed by atoms with E-state index in [-0.39, 0.29) is 5.69 Å². The van der Waals surface area contributed by atoms with Crippen LogP contribution in [0.2, 0.25) is 0 Å². The van der Waals surface area contributed by atoms with Crippen molar-refractivity contribution in [2.75, 3.05) is 0 Å². The summed E-state index contributed by atoms with van der Waals surface area (Å²) in [5.74, 6) is 1.53. The van der Waals surface area contributed by atoms with Gasteiger partial charge in [-0.2, -0.15) is 0 Å². The highest BCUT2D eigenvalue weighted by molar-refractivity contribution is 5.29. The van der Waals surface area contributed by atoms with Gasteiger partial charge in [0.1, 0.15) is 0 Å². The van der Waals surface area contributed by atoms with Crippen molar-refractivity contribution < 1.29 is 0 Å². The molecule has 154 valence electrons. The van der Waals surface area contributed by atoms with E-state index in [1.165, 1.54) is 76.3 Å². The number of nitrogens with zero attached hydrogens (tertiary/aromatic N) is 1. The maximum atomic E-state index is 11.0. The Morgan fingerprint density at radius 1 is 0.828 bits per heavy atom. The van der Waals surface area contributed by atoms with E-state index in [9.17, 15) is 4.79 Å². The van der Waals surface area contributed by atoms with Crippen LogP contribution in [-0.4, -0.2) is 19.9 Å². The molecule has 4 aliphatic carbocycles. The van der Waals surface area contributed by atoms with Gasteiger partial charge in [0, 0.05) is 23.8 Å². The maximum Gasteiger partial charge on any atom is 0.323 e. The number of aromatic nitrogens is 4. The van der Waals surface area contributed by atoms with Crippen molar-refractivity contribution in [2.45, 2.75) is 77.0 Å². The smallest absolute Gasteiger partial charge is 0.323 e. The molecule has 4 aliphatic rings. The van der Waals surface area contributed by atoms with Crippen LogP contribution < -0.4 is 5.69 Å². The van der Waals surface area contributed by atoms with Gasteiger partial charge in [-0.1, -0.05) is 22.3 Å². The molecule has 0 saturated carbocycles. The summed E-state index contributed by atoms with van der Waals surface area (Å²) in [5, 5.41) is 0. The van der Waals surface area contributed by atoms with Crippen molar-refractivity contribution in [3.05, 3.63) is 62.9 Å². The Balaban J connectivity index is 0.000000125. The fraction of sp³-hybridized carbons (Fsp3) is 0.583. The second-order valence-electron chi connectivity index (χ2n) is 9.19. The van der Waals surface area contributed by atoms with E-state index in [1.54, 1.807) is 28.6 Å². The van der Waals surface area contributed by atoms with Crippen molar-refractivity contribution in [1.29, 1.82) is 0 Å². The Morgan fingerprint density at radius 2 is 1.48 bits per heavy atom. The summed E-state index contributed by atoms with van der Waals surface area (Å²) in [6, 6.07) is 0. The first-order valence-corrected chi connectivity index (χ1v) is 11.4. The zero-order valence-electron chi connectivity index (χ0n) is 17.2. The molecule has 2 atom stereocenters. The fourth-order valence-corrected chi connectivity index (χ4v) is 6.12. The molecule has 0 saturated heterocycles.